The van der Waals surface area contributed by atoms with E-state index >= 15 is 0 Å². The number of aryl methyl sites for hydroxylation is 3. The Balaban J connectivity index is 1.11. The molecule has 0 saturated heterocycles. The molecule has 418 valence electrons. The highest BCUT2D eigenvalue weighted by Crippen LogP contribution is 2.51. The second-order valence-electron chi connectivity index (χ2n) is 28.2. The molecule has 0 saturated carbocycles. The Bertz CT molecular complexity index is 4360. The molecule has 2 aliphatic heterocycles. The minimum absolute atomic E-state index is 0.0147. The molecular weight excluding hydrogens is 1020 g/mol. The Hall–Kier alpha value is -8.54. The zero-order chi connectivity index (χ0) is 58.9. The Labute approximate surface area is 500 Å². The van der Waals surface area contributed by atoms with Crippen LogP contribution in [-0.2, 0) is 21.7 Å². The van der Waals surface area contributed by atoms with Crippen LogP contribution in [0.15, 0.2) is 206 Å². The SMILES string of the molecule is Cc1cc2c3c(c1)N(c1ccc(C(C)(C)C)cc1-c1ccccc1)c1ccc(C(C)(C)C)cc1B3c1ccc(N(c3ccc4c5ccccc5n(-c5ccccc5)c4c3)c3c(C)cc(C(C)(C)C)cc3C)cc1N2c1ccc(C(C)(C)C)cc1. The van der Waals surface area contributed by atoms with Gasteiger partial charge < -0.3 is 19.3 Å². The highest BCUT2D eigenvalue weighted by molar-refractivity contribution is 7.00. The molecule has 0 amide bonds. The Kier molecular flexibility index (Phi) is 12.9. The molecule has 2 aliphatic rings. The third-order valence-electron chi connectivity index (χ3n) is 18.0. The molecule has 4 nitrogen and oxygen atoms in total. The van der Waals surface area contributed by atoms with E-state index in [4.69, 9.17) is 0 Å². The molecule has 84 heavy (non-hydrogen) atoms. The zero-order valence-electron chi connectivity index (χ0n) is 52.0. The van der Waals surface area contributed by atoms with Gasteiger partial charge in [-0.05, 0) is 188 Å². The average molecular weight is 1100 g/mol. The number of fused-ring (bicyclic) bond motifs is 7. The van der Waals surface area contributed by atoms with Gasteiger partial charge >= 0.3 is 0 Å². The molecule has 0 N–H and O–H groups in total. The summed E-state index contributed by atoms with van der Waals surface area (Å²) in [5.74, 6) is 0. The fraction of sp³-hybridized carbons (Fsp3) is 0.241. The molecule has 13 rings (SSSR count). The summed E-state index contributed by atoms with van der Waals surface area (Å²) in [6.45, 7) is 34.8. The molecule has 11 aromatic rings. The van der Waals surface area contributed by atoms with Crippen LogP contribution in [0.25, 0.3) is 38.6 Å². The molecule has 0 atom stereocenters. The Morgan fingerprint density at radius 2 is 0.893 bits per heavy atom. The number of hydrogen-bond acceptors (Lipinski definition) is 3. The van der Waals surface area contributed by atoms with Crippen LogP contribution in [0.1, 0.15) is 122 Å². The first-order valence-electron chi connectivity index (χ1n) is 30.3. The van der Waals surface area contributed by atoms with Gasteiger partial charge in [0.15, 0.2) is 0 Å². The molecule has 0 unspecified atom stereocenters. The van der Waals surface area contributed by atoms with Gasteiger partial charge in [0.05, 0.1) is 22.4 Å². The van der Waals surface area contributed by atoms with Gasteiger partial charge in [0.25, 0.3) is 6.71 Å². The van der Waals surface area contributed by atoms with Crippen molar-refractivity contribution in [2.75, 3.05) is 14.7 Å². The number of nitrogens with zero attached hydrogens (tertiary/aromatic N) is 4. The third-order valence-corrected chi connectivity index (χ3v) is 18.0. The van der Waals surface area contributed by atoms with E-state index in [1.54, 1.807) is 0 Å². The topological polar surface area (TPSA) is 14.7 Å². The maximum absolute atomic E-state index is 2.61. The summed E-state index contributed by atoms with van der Waals surface area (Å²) < 4.78 is 2.44. The summed E-state index contributed by atoms with van der Waals surface area (Å²) >= 11 is 0. The van der Waals surface area contributed by atoms with Gasteiger partial charge in [0, 0.05) is 61.8 Å². The van der Waals surface area contributed by atoms with Crippen LogP contribution in [-0.4, -0.2) is 11.3 Å². The van der Waals surface area contributed by atoms with Crippen LogP contribution in [0.5, 0.6) is 0 Å². The van der Waals surface area contributed by atoms with Gasteiger partial charge in [0.2, 0.25) is 0 Å². The molecule has 10 aromatic carbocycles. The minimum Gasteiger partial charge on any atom is -0.311 e. The first kappa shape index (κ1) is 54.7. The van der Waals surface area contributed by atoms with Crippen molar-refractivity contribution in [3.63, 3.8) is 0 Å². The minimum atomic E-state index is -0.0892. The van der Waals surface area contributed by atoms with Gasteiger partial charge in [-0.2, -0.15) is 0 Å². The molecule has 0 fully saturated rings. The van der Waals surface area contributed by atoms with E-state index in [1.165, 1.54) is 122 Å². The molecule has 0 bridgehead atoms. The van der Waals surface area contributed by atoms with E-state index < -0.39 is 0 Å². The molecule has 3 heterocycles. The molecule has 0 radical (unpaired) electrons. The largest absolute Gasteiger partial charge is 0.311 e. The van der Waals surface area contributed by atoms with Gasteiger partial charge in [-0.25, -0.2) is 0 Å². The zero-order valence-corrected chi connectivity index (χ0v) is 52.0. The Morgan fingerprint density at radius 3 is 1.54 bits per heavy atom. The van der Waals surface area contributed by atoms with E-state index in [2.05, 4.69) is 329 Å². The average Bonchev–Trinajstić information content (AvgIpc) is 0.844. The second kappa shape index (κ2) is 19.8. The number of rotatable bonds is 7. The van der Waals surface area contributed by atoms with Crippen molar-refractivity contribution >= 4 is 96.1 Å². The van der Waals surface area contributed by atoms with Gasteiger partial charge in [-0.15, -0.1) is 0 Å². The van der Waals surface area contributed by atoms with Crippen LogP contribution in [0, 0.1) is 20.8 Å². The summed E-state index contributed by atoms with van der Waals surface area (Å²) in [7, 11) is 0. The summed E-state index contributed by atoms with van der Waals surface area (Å²) in [5, 5.41) is 2.47. The third kappa shape index (κ3) is 9.23. The summed E-state index contributed by atoms with van der Waals surface area (Å²) in [4.78, 5) is 7.77. The molecule has 5 heteroatoms. The van der Waals surface area contributed by atoms with E-state index in [0.29, 0.717) is 0 Å². The summed E-state index contributed by atoms with van der Waals surface area (Å²) in [6, 6.07) is 79.1. The lowest BCUT2D eigenvalue weighted by atomic mass is 9.33. The van der Waals surface area contributed by atoms with Crippen molar-refractivity contribution in [1.82, 2.24) is 4.57 Å². The molecular formula is C79H79BN4. The van der Waals surface area contributed by atoms with Crippen LogP contribution in [0.3, 0.4) is 0 Å². The van der Waals surface area contributed by atoms with Crippen molar-refractivity contribution < 1.29 is 0 Å². The molecule has 1 aromatic heterocycles. The lowest BCUT2D eigenvalue weighted by Gasteiger charge is -2.45. The number of benzene rings is 10. The van der Waals surface area contributed by atoms with E-state index in [0.717, 1.165) is 22.7 Å². The van der Waals surface area contributed by atoms with Gasteiger partial charge in [-0.3, -0.25) is 0 Å². The van der Waals surface area contributed by atoms with Gasteiger partial charge in [-0.1, -0.05) is 204 Å². The summed E-state index contributed by atoms with van der Waals surface area (Å²) in [6.07, 6.45) is 0. The number of aromatic nitrogens is 1. The van der Waals surface area contributed by atoms with Gasteiger partial charge in [0.1, 0.15) is 0 Å². The standard InChI is InChI=1S/C79H79BN4/c1-50-42-72-74-73(43-50)84(68-40-32-55(77(7,8)9)46-64(68)53-24-18-16-19-25-53)69-41-33-56(78(10,11)12)47-66(69)80(74)65-39-37-61(49-71(65)83(72)59-34-30-54(31-35-59)76(4,5)6)81(75-51(2)44-57(45-52(75)3)79(13,14)15)60-36-38-63-62-28-22-23-29-67(62)82(70(63)48-60)58-26-20-17-21-27-58/h16-49H,1-15H3. The predicted molar refractivity (Wildman–Crippen MR) is 364 cm³/mol. The first-order valence-corrected chi connectivity index (χ1v) is 30.3. The normalized spacial score (nSPS) is 13.3. The van der Waals surface area contributed by atoms with Crippen LogP contribution in [0.4, 0.5) is 51.2 Å². The number of anilines is 9. The van der Waals surface area contributed by atoms with Crippen molar-refractivity contribution in [3.05, 3.63) is 245 Å². The van der Waals surface area contributed by atoms with Crippen molar-refractivity contribution in [2.24, 2.45) is 0 Å². The number of para-hydroxylation sites is 2. The smallest absolute Gasteiger partial charge is 0.252 e. The van der Waals surface area contributed by atoms with E-state index in [9.17, 15) is 0 Å². The fourth-order valence-corrected chi connectivity index (χ4v) is 13.5. The first-order chi connectivity index (χ1) is 39.9. The highest BCUT2D eigenvalue weighted by Gasteiger charge is 2.45. The van der Waals surface area contributed by atoms with Crippen molar-refractivity contribution in [1.29, 1.82) is 0 Å². The quantitative estimate of drug-likeness (QED) is 0.148. The van der Waals surface area contributed by atoms with Crippen LogP contribution >= 0.6 is 0 Å². The second-order valence-corrected chi connectivity index (χ2v) is 28.2. The summed E-state index contributed by atoms with van der Waals surface area (Å²) in [5.41, 5.74) is 29.2. The Morgan fingerprint density at radius 1 is 0.357 bits per heavy atom. The monoisotopic (exact) mass is 1090 g/mol. The molecule has 0 aliphatic carbocycles. The lowest BCUT2D eigenvalue weighted by molar-refractivity contribution is 0.589. The maximum atomic E-state index is 2.61. The van der Waals surface area contributed by atoms with E-state index in [1.807, 2.05) is 0 Å². The lowest BCUT2D eigenvalue weighted by Crippen LogP contribution is -2.61. The van der Waals surface area contributed by atoms with Crippen LogP contribution in [0.2, 0.25) is 0 Å². The fourth-order valence-electron chi connectivity index (χ4n) is 13.5. The van der Waals surface area contributed by atoms with Crippen LogP contribution < -0.4 is 31.1 Å². The van der Waals surface area contributed by atoms with Crippen molar-refractivity contribution in [3.8, 4) is 16.8 Å². The highest BCUT2D eigenvalue weighted by atomic mass is 15.2. The van der Waals surface area contributed by atoms with E-state index in [-0.39, 0.29) is 28.4 Å². The number of hydrogen-bond donors (Lipinski definition) is 0. The maximum Gasteiger partial charge on any atom is 0.252 e. The predicted octanol–water partition coefficient (Wildman–Crippen LogP) is 20.1. The van der Waals surface area contributed by atoms with Crippen molar-refractivity contribution in [2.45, 2.75) is 126 Å². The molecule has 0 spiro atoms.